The second-order valence-corrected chi connectivity index (χ2v) is 4.27. The monoisotopic (exact) mass is 273 g/mol. The summed E-state index contributed by atoms with van der Waals surface area (Å²) in [5.74, 6) is -0.706. The lowest BCUT2D eigenvalue weighted by Crippen LogP contribution is -2.10. The highest BCUT2D eigenvalue weighted by molar-refractivity contribution is 6.33. The number of hydrogen-bond donors (Lipinski definition) is 1. The van der Waals surface area contributed by atoms with Crippen LogP contribution in [0.15, 0.2) is 6.07 Å². The number of rotatable bonds is 3. The summed E-state index contributed by atoms with van der Waals surface area (Å²) in [6.07, 6.45) is 0.742. The molecule has 1 heterocycles. The fourth-order valence-electron chi connectivity index (χ4n) is 1.71. The normalized spacial score (nSPS) is 14.2. The second kappa shape index (κ2) is 5.54. The summed E-state index contributed by atoms with van der Waals surface area (Å²) in [4.78, 5) is 11.7. The topological polar surface area (TPSA) is 61.6 Å². The van der Waals surface area contributed by atoms with Crippen molar-refractivity contribution >= 4 is 17.4 Å². The van der Waals surface area contributed by atoms with Crippen LogP contribution >= 0.6 is 11.6 Å². The van der Waals surface area contributed by atoms with Crippen molar-refractivity contribution in [3.8, 4) is 11.5 Å². The maximum absolute atomic E-state index is 14.0. The maximum atomic E-state index is 14.0. The average Bonchev–Trinajstić information content (AvgIpc) is 2.59. The van der Waals surface area contributed by atoms with Gasteiger partial charge in [0.2, 0.25) is 0 Å². The summed E-state index contributed by atoms with van der Waals surface area (Å²) in [7, 11) is 0. The van der Waals surface area contributed by atoms with Crippen molar-refractivity contribution in [1.82, 2.24) is 0 Å². The van der Waals surface area contributed by atoms with E-state index in [1.54, 1.807) is 0 Å². The predicted octanol–water partition coefficient (Wildman–Crippen LogP) is 2.17. The summed E-state index contributed by atoms with van der Waals surface area (Å²) in [6, 6.07) is 1.33. The Morgan fingerprint density at radius 1 is 1.44 bits per heavy atom. The van der Waals surface area contributed by atoms with Gasteiger partial charge in [0.05, 0.1) is 18.8 Å². The predicted molar refractivity (Wildman–Crippen MR) is 65.0 cm³/mol. The number of carbonyl (C=O) groups is 1. The van der Waals surface area contributed by atoms with Gasteiger partial charge in [-0.15, -0.1) is 0 Å². The lowest BCUT2D eigenvalue weighted by molar-refractivity contribution is 0.0981. The Kier molecular flexibility index (Phi) is 4.04. The SMILES string of the molecule is NCCC(=O)c1cc2c(c(Cl)c1F)OCCCO2. The van der Waals surface area contributed by atoms with Crippen molar-refractivity contribution in [2.24, 2.45) is 5.73 Å². The highest BCUT2D eigenvalue weighted by Crippen LogP contribution is 2.40. The summed E-state index contributed by atoms with van der Waals surface area (Å²) < 4.78 is 24.7. The van der Waals surface area contributed by atoms with Crippen molar-refractivity contribution in [1.29, 1.82) is 0 Å². The van der Waals surface area contributed by atoms with Crippen LogP contribution in [0.25, 0.3) is 0 Å². The molecule has 0 spiro atoms. The minimum atomic E-state index is -0.778. The largest absolute Gasteiger partial charge is 0.489 e. The molecule has 0 aromatic heterocycles. The number of ketones is 1. The van der Waals surface area contributed by atoms with Gasteiger partial charge < -0.3 is 15.2 Å². The molecule has 1 aromatic rings. The highest BCUT2D eigenvalue weighted by Gasteiger charge is 2.24. The van der Waals surface area contributed by atoms with Crippen LogP contribution in [0, 0.1) is 5.82 Å². The quantitative estimate of drug-likeness (QED) is 0.858. The first kappa shape index (κ1) is 13.1. The maximum Gasteiger partial charge on any atom is 0.182 e. The van der Waals surface area contributed by atoms with E-state index in [-0.39, 0.29) is 29.3 Å². The van der Waals surface area contributed by atoms with Crippen molar-refractivity contribution in [2.75, 3.05) is 19.8 Å². The molecule has 1 aromatic carbocycles. The Bertz CT molecular complexity index is 479. The van der Waals surface area contributed by atoms with Crippen LogP contribution in [0.4, 0.5) is 4.39 Å². The molecule has 2 rings (SSSR count). The van der Waals surface area contributed by atoms with Crippen LogP contribution in [0.2, 0.25) is 5.02 Å². The van der Waals surface area contributed by atoms with E-state index in [2.05, 4.69) is 0 Å². The lowest BCUT2D eigenvalue weighted by atomic mass is 10.1. The van der Waals surface area contributed by atoms with Crippen molar-refractivity contribution < 1.29 is 18.7 Å². The van der Waals surface area contributed by atoms with Crippen LogP contribution in [0.1, 0.15) is 23.2 Å². The van der Waals surface area contributed by atoms with Gasteiger partial charge in [-0.05, 0) is 12.6 Å². The number of Topliss-reactive ketones (excluding diaryl/α,β-unsaturated/α-hetero) is 1. The molecule has 0 unspecified atom stereocenters. The minimum Gasteiger partial charge on any atom is -0.489 e. The molecule has 0 fully saturated rings. The summed E-state index contributed by atoms with van der Waals surface area (Å²) in [6.45, 7) is 1.01. The van der Waals surface area contributed by atoms with Gasteiger partial charge in [0, 0.05) is 12.8 Å². The first-order chi connectivity index (χ1) is 8.65. The number of ether oxygens (including phenoxy) is 2. The Labute approximate surface area is 109 Å². The second-order valence-electron chi connectivity index (χ2n) is 3.89. The Morgan fingerprint density at radius 3 is 2.89 bits per heavy atom. The number of halogens is 2. The third-order valence-electron chi connectivity index (χ3n) is 2.59. The Hall–Kier alpha value is -1.33. The zero-order valence-corrected chi connectivity index (χ0v) is 10.4. The molecule has 0 radical (unpaired) electrons. The van der Waals surface area contributed by atoms with E-state index in [1.807, 2.05) is 0 Å². The number of nitrogens with two attached hydrogens (primary N) is 1. The molecule has 18 heavy (non-hydrogen) atoms. The van der Waals surface area contributed by atoms with E-state index >= 15 is 0 Å². The van der Waals surface area contributed by atoms with E-state index < -0.39 is 11.6 Å². The molecule has 1 aliphatic rings. The molecule has 6 heteroatoms. The van der Waals surface area contributed by atoms with Crippen molar-refractivity contribution in [3.05, 3.63) is 22.5 Å². The third-order valence-corrected chi connectivity index (χ3v) is 2.93. The molecule has 0 saturated heterocycles. The van der Waals surface area contributed by atoms with Crippen LogP contribution in [0.5, 0.6) is 11.5 Å². The zero-order valence-electron chi connectivity index (χ0n) is 9.67. The average molecular weight is 274 g/mol. The van der Waals surface area contributed by atoms with E-state index in [1.165, 1.54) is 6.07 Å². The number of benzene rings is 1. The fourth-order valence-corrected chi connectivity index (χ4v) is 1.96. The molecule has 98 valence electrons. The molecule has 1 aliphatic heterocycles. The van der Waals surface area contributed by atoms with Crippen LogP contribution < -0.4 is 15.2 Å². The van der Waals surface area contributed by atoms with Crippen LogP contribution in [-0.4, -0.2) is 25.5 Å². The molecule has 0 atom stereocenters. The summed E-state index contributed by atoms with van der Waals surface area (Å²) in [5.41, 5.74) is 5.18. The van der Waals surface area contributed by atoms with Gasteiger partial charge in [-0.3, -0.25) is 4.79 Å². The molecule has 4 nitrogen and oxygen atoms in total. The summed E-state index contributed by atoms with van der Waals surface area (Å²) >= 11 is 5.87. The minimum absolute atomic E-state index is 0.0624. The standard InChI is InChI=1S/C12H13ClFNO3/c13-10-11(14)7(8(16)2-3-15)6-9-12(10)18-5-1-4-17-9/h6H,1-5,15H2. The van der Waals surface area contributed by atoms with E-state index in [9.17, 15) is 9.18 Å². The molecular formula is C12H13ClFNO3. The number of fused-ring (bicyclic) bond motifs is 1. The van der Waals surface area contributed by atoms with Gasteiger partial charge >= 0.3 is 0 Å². The molecule has 0 saturated carbocycles. The van der Waals surface area contributed by atoms with Crippen molar-refractivity contribution in [3.63, 3.8) is 0 Å². The van der Waals surface area contributed by atoms with Gasteiger partial charge in [-0.1, -0.05) is 11.6 Å². The highest BCUT2D eigenvalue weighted by atomic mass is 35.5. The fraction of sp³-hybridized carbons (Fsp3) is 0.417. The van der Waals surface area contributed by atoms with E-state index in [4.69, 9.17) is 26.8 Å². The van der Waals surface area contributed by atoms with Crippen LogP contribution in [-0.2, 0) is 0 Å². The molecule has 0 amide bonds. The third kappa shape index (κ3) is 2.42. The molecular weight excluding hydrogens is 261 g/mol. The van der Waals surface area contributed by atoms with E-state index in [0.29, 0.717) is 25.4 Å². The van der Waals surface area contributed by atoms with E-state index in [0.717, 1.165) is 0 Å². The number of hydrogen-bond acceptors (Lipinski definition) is 4. The van der Waals surface area contributed by atoms with Crippen LogP contribution in [0.3, 0.4) is 0 Å². The molecule has 0 bridgehead atoms. The van der Waals surface area contributed by atoms with Gasteiger partial charge in [-0.25, -0.2) is 4.39 Å². The Balaban J connectivity index is 2.47. The zero-order chi connectivity index (χ0) is 13.1. The van der Waals surface area contributed by atoms with Gasteiger partial charge in [0.25, 0.3) is 0 Å². The summed E-state index contributed by atoms with van der Waals surface area (Å²) in [5, 5.41) is -0.213. The smallest absolute Gasteiger partial charge is 0.182 e. The number of carbonyl (C=O) groups excluding carboxylic acids is 1. The molecule has 0 aliphatic carbocycles. The van der Waals surface area contributed by atoms with Gasteiger partial charge in [0.1, 0.15) is 5.02 Å². The Morgan fingerprint density at radius 2 is 2.17 bits per heavy atom. The van der Waals surface area contributed by atoms with Gasteiger partial charge in [0.15, 0.2) is 23.1 Å². The first-order valence-corrected chi connectivity index (χ1v) is 6.03. The first-order valence-electron chi connectivity index (χ1n) is 5.66. The molecule has 2 N–H and O–H groups in total. The van der Waals surface area contributed by atoms with Gasteiger partial charge in [-0.2, -0.15) is 0 Å². The lowest BCUT2D eigenvalue weighted by Gasteiger charge is -2.12. The van der Waals surface area contributed by atoms with Crippen molar-refractivity contribution in [2.45, 2.75) is 12.8 Å².